The van der Waals surface area contributed by atoms with Crippen molar-refractivity contribution < 1.29 is 22.4 Å². The predicted molar refractivity (Wildman–Crippen MR) is 109 cm³/mol. The van der Waals surface area contributed by atoms with Crippen molar-refractivity contribution in [3.8, 4) is 0 Å². The first-order valence-corrected chi connectivity index (χ1v) is 11.1. The van der Waals surface area contributed by atoms with Crippen molar-refractivity contribution in [1.29, 1.82) is 0 Å². The van der Waals surface area contributed by atoms with Gasteiger partial charge in [0.05, 0.1) is 10.5 Å². The first kappa shape index (κ1) is 21.9. The molecular weight excluding hydrogens is 409 g/mol. The second-order valence-electron chi connectivity index (χ2n) is 7.68. The molecule has 2 atom stereocenters. The van der Waals surface area contributed by atoms with E-state index in [1.54, 1.807) is 0 Å². The average molecular weight is 434 g/mol. The number of nitrogens with one attached hydrogen (secondary N) is 2. The quantitative estimate of drug-likeness (QED) is 0.725. The smallest absolute Gasteiger partial charge is 0.267 e. The molecule has 1 saturated heterocycles. The van der Waals surface area contributed by atoms with Crippen LogP contribution in [-0.4, -0.2) is 37.6 Å². The predicted octanol–water partition coefficient (Wildman–Crippen LogP) is 2.57. The highest BCUT2D eigenvalue weighted by Gasteiger charge is 2.31. The van der Waals surface area contributed by atoms with Gasteiger partial charge in [-0.2, -0.15) is 4.31 Å². The van der Waals surface area contributed by atoms with E-state index in [0.29, 0.717) is 13.1 Å². The van der Waals surface area contributed by atoms with Crippen LogP contribution < -0.4 is 10.9 Å². The van der Waals surface area contributed by atoms with E-state index in [4.69, 9.17) is 0 Å². The van der Waals surface area contributed by atoms with Crippen LogP contribution in [0.25, 0.3) is 0 Å². The molecule has 0 spiro atoms. The van der Waals surface area contributed by atoms with Gasteiger partial charge < -0.3 is 0 Å². The van der Waals surface area contributed by atoms with Crippen molar-refractivity contribution in [2.24, 2.45) is 11.8 Å². The lowest BCUT2D eigenvalue weighted by molar-refractivity contribution is 0.0844. The highest BCUT2D eigenvalue weighted by molar-refractivity contribution is 7.89. The number of hydrogen-bond acceptors (Lipinski definition) is 4. The summed E-state index contributed by atoms with van der Waals surface area (Å²) in [5, 5.41) is 0. The van der Waals surface area contributed by atoms with E-state index < -0.39 is 27.7 Å². The largest absolute Gasteiger partial charge is 0.272 e. The molecule has 0 bridgehead atoms. The minimum absolute atomic E-state index is 0.107. The number of piperidine rings is 1. The summed E-state index contributed by atoms with van der Waals surface area (Å²) in [7, 11) is -3.65. The molecule has 2 aromatic carbocycles. The fourth-order valence-corrected chi connectivity index (χ4v) is 5.31. The maximum absolute atomic E-state index is 13.6. The van der Waals surface area contributed by atoms with Crippen LogP contribution in [0, 0.1) is 17.7 Å². The van der Waals surface area contributed by atoms with E-state index in [2.05, 4.69) is 10.9 Å². The number of carbonyl (C=O) groups is 2. The van der Waals surface area contributed by atoms with E-state index in [-0.39, 0.29) is 27.9 Å². The van der Waals surface area contributed by atoms with Gasteiger partial charge in [-0.15, -0.1) is 0 Å². The van der Waals surface area contributed by atoms with E-state index in [9.17, 15) is 22.4 Å². The topological polar surface area (TPSA) is 95.6 Å². The molecule has 1 aliphatic rings. The van der Waals surface area contributed by atoms with Crippen molar-refractivity contribution in [3.05, 3.63) is 65.5 Å². The highest BCUT2D eigenvalue weighted by atomic mass is 32.2. The zero-order valence-electron chi connectivity index (χ0n) is 16.8. The Balaban J connectivity index is 1.65. The number of halogens is 1. The number of rotatable bonds is 4. The summed E-state index contributed by atoms with van der Waals surface area (Å²) in [5.41, 5.74) is 4.28. The van der Waals surface area contributed by atoms with Gasteiger partial charge in [-0.1, -0.05) is 26.0 Å². The van der Waals surface area contributed by atoms with Crippen molar-refractivity contribution >= 4 is 21.8 Å². The Labute approximate surface area is 175 Å². The van der Waals surface area contributed by atoms with Gasteiger partial charge in [0.2, 0.25) is 10.0 Å². The summed E-state index contributed by atoms with van der Waals surface area (Å²) < 4.78 is 40.9. The molecule has 2 N–H and O–H groups in total. The summed E-state index contributed by atoms with van der Waals surface area (Å²) in [6, 6.07) is 10.9. The monoisotopic (exact) mass is 433 g/mol. The molecular formula is C21H24FN3O4S. The maximum Gasteiger partial charge on any atom is 0.272 e. The summed E-state index contributed by atoms with van der Waals surface area (Å²) in [6.45, 7) is 5.00. The minimum Gasteiger partial charge on any atom is -0.267 e. The van der Waals surface area contributed by atoms with Gasteiger partial charge >= 0.3 is 0 Å². The van der Waals surface area contributed by atoms with E-state index in [0.717, 1.165) is 12.5 Å². The molecule has 1 fully saturated rings. The van der Waals surface area contributed by atoms with Crippen LogP contribution in [0.3, 0.4) is 0 Å². The lowest BCUT2D eigenvalue weighted by Gasteiger charge is -2.34. The molecule has 9 heteroatoms. The molecule has 1 heterocycles. The van der Waals surface area contributed by atoms with Gasteiger partial charge in [-0.25, -0.2) is 12.8 Å². The van der Waals surface area contributed by atoms with Crippen molar-refractivity contribution in [1.82, 2.24) is 15.2 Å². The number of hydrazine groups is 1. The first-order chi connectivity index (χ1) is 14.2. The summed E-state index contributed by atoms with van der Waals surface area (Å²) in [4.78, 5) is 24.3. The molecule has 1 aliphatic heterocycles. The van der Waals surface area contributed by atoms with Gasteiger partial charge in [0.25, 0.3) is 11.8 Å². The third-order valence-electron chi connectivity index (χ3n) is 5.00. The van der Waals surface area contributed by atoms with Gasteiger partial charge in [0.1, 0.15) is 5.82 Å². The minimum atomic E-state index is -3.65. The molecule has 0 saturated carbocycles. The van der Waals surface area contributed by atoms with Crippen LogP contribution in [0.15, 0.2) is 53.4 Å². The molecule has 2 amide bonds. The van der Waals surface area contributed by atoms with E-state index in [1.165, 1.54) is 46.8 Å². The van der Waals surface area contributed by atoms with Crippen LogP contribution in [0.4, 0.5) is 4.39 Å². The second-order valence-corrected chi connectivity index (χ2v) is 9.62. The number of hydrogen-bond donors (Lipinski definition) is 2. The summed E-state index contributed by atoms with van der Waals surface area (Å²) >= 11 is 0. The fraction of sp³-hybridized carbons (Fsp3) is 0.333. The zero-order valence-corrected chi connectivity index (χ0v) is 17.6. The SMILES string of the molecule is C[C@@H]1C[C@H](C)CN(S(=O)(=O)c2ccc(C(=O)NNC(=O)c3ccccc3F)cc2)C1. The molecule has 0 radical (unpaired) electrons. The first-order valence-electron chi connectivity index (χ1n) is 9.64. The number of benzene rings is 2. The fourth-order valence-electron chi connectivity index (χ4n) is 3.63. The molecule has 2 aromatic rings. The van der Waals surface area contributed by atoms with Crippen LogP contribution in [-0.2, 0) is 10.0 Å². The lowest BCUT2D eigenvalue weighted by atomic mass is 9.94. The van der Waals surface area contributed by atoms with Gasteiger partial charge in [-0.05, 0) is 54.7 Å². The van der Waals surface area contributed by atoms with Crippen LogP contribution in [0.5, 0.6) is 0 Å². The average Bonchev–Trinajstić information content (AvgIpc) is 2.71. The van der Waals surface area contributed by atoms with Crippen molar-refractivity contribution in [2.45, 2.75) is 25.2 Å². The van der Waals surface area contributed by atoms with Gasteiger partial charge in [-0.3, -0.25) is 20.4 Å². The Bertz CT molecular complexity index is 1030. The third-order valence-corrected chi connectivity index (χ3v) is 6.84. The number of nitrogens with zero attached hydrogens (tertiary/aromatic N) is 1. The van der Waals surface area contributed by atoms with E-state index >= 15 is 0 Å². The molecule has 3 rings (SSSR count). The van der Waals surface area contributed by atoms with Crippen molar-refractivity contribution in [2.75, 3.05) is 13.1 Å². The van der Waals surface area contributed by atoms with Crippen LogP contribution in [0.1, 0.15) is 41.0 Å². The Hall–Kier alpha value is -2.78. The Morgan fingerprint density at radius 2 is 1.50 bits per heavy atom. The number of carbonyl (C=O) groups excluding carboxylic acids is 2. The zero-order chi connectivity index (χ0) is 21.9. The summed E-state index contributed by atoms with van der Waals surface area (Å²) in [6.07, 6.45) is 0.990. The third kappa shape index (κ3) is 4.85. The Morgan fingerprint density at radius 3 is 2.10 bits per heavy atom. The van der Waals surface area contributed by atoms with E-state index in [1.807, 2.05) is 13.8 Å². The Kier molecular flexibility index (Phi) is 6.52. The van der Waals surface area contributed by atoms with Crippen LogP contribution in [0.2, 0.25) is 0 Å². The second kappa shape index (κ2) is 8.93. The molecule has 160 valence electrons. The standard InChI is InChI=1S/C21H24FN3O4S/c1-14-11-15(2)13-25(12-14)30(28,29)17-9-7-16(8-10-17)20(26)23-24-21(27)18-5-3-4-6-19(18)22/h3-10,14-15H,11-13H2,1-2H3,(H,23,26)(H,24,27)/t14-,15+. The lowest BCUT2D eigenvalue weighted by Crippen LogP contribution is -2.42. The molecule has 0 aliphatic carbocycles. The number of amides is 2. The van der Waals surface area contributed by atoms with Gasteiger partial charge in [0.15, 0.2) is 0 Å². The Morgan fingerprint density at radius 1 is 0.933 bits per heavy atom. The molecule has 0 aromatic heterocycles. The normalized spacial score (nSPS) is 19.8. The molecule has 7 nitrogen and oxygen atoms in total. The van der Waals surface area contributed by atoms with Crippen LogP contribution >= 0.6 is 0 Å². The van der Waals surface area contributed by atoms with Gasteiger partial charge in [0, 0.05) is 18.7 Å². The highest BCUT2D eigenvalue weighted by Crippen LogP contribution is 2.26. The number of sulfonamides is 1. The molecule has 0 unspecified atom stereocenters. The maximum atomic E-state index is 13.6. The van der Waals surface area contributed by atoms with Crippen molar-refractivity contribution in [3.63, 3.8) is 0 Å². The summed E-state index contributed by atoms with van der Waals surface area (Å²) in [5.74, 6) is -1.59. The molecule has 30 heavy (non-hydrogen) atoms.